The van der Waals surface area contributed by atoms with Gasteiger partial charge in [0.25, 0.3) is 0 Å². The Bertz CT molecular complexity index is 460. The van der Waals surface area contributed by atoms with Crippen molar-refractivity contribution in [3.05, 3.63) is 33.9 Å². The number of carboxylic acid groups (broad SMARTS) is 1. The van der Waals surface area contributed by atoms with E-state index >= 15 is 0 Å². The minimum atomic E-state index is -0.738. The second kappa shape index (κ2) is 4.52. The third-order valence-electron chi connectivity index (χ3n) is 4.07. The molecule has 0 bridgehead atoms. The molecule has 1 unspecified atom stereocenters. The highest BCUT2D eigenvalue weighted by atomic mass is 16.4. The Labute approximate surface area is 103 Å². The molecule has 2 nitrogen and oxygen atoms in total. The van der Waals surface area contributed by atoms with E-state index in [4.69, 9.17) is 5.11 Å². The average molecular weight is 232 g/mol. The topological polar surface area (TPSA) is 37.3 Å². The van der Waals surface area contributed by atoms with Crippen LogP contribution in [-0.2, 0) is 24.1 Å². The fraction of sp³-hybridized carbons (Fsp3) is 0.533. The number of fused-ring (bicyclic) bond motifs is 1. The van der Waals surface area contributed by atoms with Gasteiger partial charge in [-0.05, 0) is 60.4 Å². The van der Waals surface area contributed by atoms with E-state index in [0.717, 1.165) is 17.9 Å². The van der Waals surface area contributed by atoms with E-state index in [1.807, 2.05) is 0 Å². The van der Waals surface area contributed by atoms with E-state index in [-0.39, 0.29) is 6.42 Å². The van der Waals surface area contributed by atoms with Gasteiger partial charge in [-0.25, -0.2) is 0 Å². The number of carboxylic acids is 1. The van der Waals surface area contributed by atoms with Crippen molar-refractivity contribution in [2.45, 2.75) is 46.5 Å². The van der Waals surface area contributed by atoms with Crippen LogP contribution in [0.1, 0.15) is 41.2 Å². The third-order valence-corrected chi connectivity index (χ3v) is 4.07. The molecule has 1 aromatic carbocycles. The summed E-state index contributed by atoms with van der Waals surface area (Å²) < 4.78 is 0. The molecule has 0 radical (unpaired) electrons. The molecule has 1 aliphatic rings. The normalized spacial score (nSPS) is 18.2. The second-order valence-electron chi connectivity index (χ2n) is 5.19. The molecule has 2 heteroatoms. The minimum absolute atomic E-state index is 0.150. The molecule has 0 aliphatic heterocycles. The van der Waals surface area contributed by atoms with Crippen molar-refractivity contribution in [3.8, 4) is 0 Å². The molecule has 0 saturated heterocycles. The Morgan fingerprint density at radius 1 is 1.35 bits per heavy atom. The lowest BCUT2D eigenvalue weighted by molar-refractivity contribution is -0.136. The third kappa shape index (κ3) is 2.21. The lowest BCUT2D eigenvalue weighted by Gasteiger charge is -2.12. The molecule has 1 atom stereocenters. The lowest BCUT2D eigenvalue weighted by Crippen LogP contribution is -2.05. The van der Waals surface area contributed by atoms with E-state index in [0.29, 0.717) is 0 Å². The summed E-state index contributed by atoms with van der Waals surface area (Å²) in [5.41, 5.74) is 6.38. The van der Waals surface area contributed by atoms with Gasteiger partial charge < -0.3 is 5.11 Å². The van der Waals surface area contributed by atoms with Gasteiger partial charge in [0.05, 0.1) is 6.42 Å². The van der Waals surface area contributed by atoms with Crippen molar-refractivity contribution in [1.29, 1.82) is 0 Å². The molecule has 0 spiro atoms. The van der Waals surface area contributed by atoms with Gasteiger partial charge in [0.15, 0.2) is 0 Å². The summed E-state index contributed by atoms with van der Waals surface area (Å²) in [5, 5.41) is 8.93. The predicted molar refractivity (Wildman–Crippen MR) is 68.4 cm³/mol. The van der Waals surface area contributed by atoms with Gasteiger partial charge in [-0.2, -0.15) is 0 Å². The summed E-state index contributed by atoms with van der Waals surface area (Å²) >= 11 is 0. The Balaban J connectivity index is 2.43. The SMILES string of the molecule is CCC1Cc2c(C)cc(CC(=O)O)c(C)c2C1. The number of rotatable bonds is 3. The first kappa shape index (κ1) is 12.2. The highest BCUT2D eigenvalue weighted by Gasteiger charge is 2.24. The molecule has 92 valence electrons. The quantitative estimate of drug-likeness (QED) is 0.869. The molecule has 2 rings (SSSR count). The Kier molecular flexibility index (Phi) is 3.23. The Hall–Kier alpha value is -1.31. The largest absolute Gasteiger partial charge is 0.481 e. The van der Waals surface area contributed by atoms with E-state index in [1.54, 1.807) is 0 Å². The minimum Gasteiger partial charge on any atom is -0.481 e. The number of carbonyl (C=O) groups is 1. The summed E-state index contributed by atoms with van der Waals surface area (Å²) in [5.74, 6) is 0.0139. The highest BCUT2D eigenvalue weighted by molar-refractivity contribution is 5.71. The van der Waals surface area contributed by atoms with Crippen LogP contribution in [0.4, 0.5) is 0 Å². The lowest BCUT2D eigenvalue weighted by atomic mass is 9.93. The van der Waals surface area contributed by atoms with Crippen LogP contribution in [0.2, 0.25) is 0 Å². The second-order valence-corrected chi connectivity index (χ2v) is 5.19. The van der Waals surface area contributed by atoms with Gasteiger partial charge in [0, 0.05) is 0 Å². The molecule has 17 heavy (non-hydrogen) atoms. The molecule has 0 amide bonds. The molecule has 0 fully saturated rings. The average Bonchev–Trinajstić information content (AvgIpc) is 2.69. The van der Waals surface area contributed by atoms with Gasteiger partial charge in [0.1, 0.15) is 0 Å². The summed E-state index contributed by atoms with van der Waals surface area (Å²) in [6, 6.07) is 2.07. The molecular weight excluding hydrogens is 212 g/mol. The molecule has 0 aromatic heterocycles. The first-order valence-corrected chi connectivity index (χ1v) is 6.35. The van der Waals surface area contributed by atoms with Crippen LogP contribution in [0.25, 0.3) is 0 Å². The molecular formula is C15H20O2. The van der Waals surface area contributed by atoms with Crippen LogP contribution in [0.15, 0.2) is 6.07 Å². The van der Waals surface area contributed by atoms with E-state index in [1.165, 1.54) is 35.1 Å². The first-order chi connectivity index (χ1) is 8.02. The molecule has 1 aromatic rings. The van der Waals surface area contributed by atoms with Crippen LogP contribution >= 0.6 is 0 Å². The summed E-state index contributed by atoms with van der Waals surface area (Å²) in [6.07, 6.45) is 3.66. The fourth-order valence-electron chi connectivity index (χ4n) is 2.96. The maximum atomic E-state index is 10.9. The zero-order valence-electron chi connectivity index (χ0n) is 10.8. The van der Waals surface area contributed by atoms with Gasteiger partial charge in [-0.3, -0.25) is 4.79 Å². The maximum Gasteiger partial charge on any atom is 0.307 e. The Morgan fingerprint density at radius 3 is 2.59 bits per heavy atom. The maximum absolute atomic E-state index is 10.9. The monoisotopic (exact) mass is 232 g/mol. The van der Waals surface area contributed by atoms with E-state index < -0.39 is 5.97 Å². The Morgan fingerprint density at radius 2 is 2.00 bits per heavy atom. The van der Waals surface area contributed by atoms with Gasteiger partial charge >= 0.3 is 5.97 Å². The number of benzene rings is 1. The van der Waals surface area contributed by atoms with Gasteiger partial charge in [-0.15, -0.1) is 0 Å². The number of aryl methyl sites for hydroxylation is 1. The van der Waals surface area contributed by atoms with E-state index in [9.17, 15) is 4.79 Å². The number of hydrogen-bond acceptors (Lipinski definition) is 1. The van der Waals surface area contributed by atoms with Gasteiger partial charge in [-0.1, -0.05) is 19.4 Å². The van der Waals surface area contributed by atoms with E-state index in [2.05, 4.69) is 26.8 Å². The molecule has 1 N–H and O–H groups in total. The molecule has 0 saturated carbocycles. The zero-order chi connectivity index (χ0) is 12.6. The van der Waals surface area contributed by atoms with Crippen LogP contribution in [0.5, 0.6) is 0 Å². The summed E-state index contributed by atoms with van der Waals surface area (Å²) in [4.78, 5) is 10.9. The van der Waals surface area contributed by atoms with Crippen LogP contribution in [0.3, 0.4) is 0 Å². The number of aliphatic carboxylic acids is 1. The zero-order valence-corrected chi connectivity index (χ0v) is 10.8. The van der Waals surface area contributed by atoms with Crippen LogP contribution in [-0.4, -0.2) is 11.1 Å². The van der Waals surface area contributed by atoms with Crippen LogP contribution in [0, 0.1) is 19.8 Å². The first-order valence-electron chi connectivity index (χ1n) is 6.35. The molecule has 0 heterocycles. The van der Waals surface area contributed by atoms with Crippen molar-refractivity contribution in [2.75, 3.05) is 0 Å². The fourth-order valence-corrected chi connectivity index (χ4v) is 2.96. The summed E-state index contributed by atoms with van der Waals surface area (Å²) in [7, 11) is 0. The van der Waals surface area contributed by atoms with Crippen molar-refractivity contribution in [1.82, 2.24) is 0 Å². The van der Waals surface area contributed by atoms with Crippen molar-refractivity contribution < 1.29 is 9.90 Å². The molecule has 1 aliphatic carbocycles. The van der Waals surface area contributed by atoms with Gasteiger partial charge in [0.2, 0.25) is 0 Å². The van der Waals surface area contributed by atoms with Crippen molar-refractivity contribution in [3.63, 3.8) is 0 Å². The van der Waals surface area contributed by atoms with Crippen LogP contribution < -0.4 is 0 Å². The smallest absolute Gasteiger partial charge is 0.307 e. The van der Waals surface area contributed by atoms with Crippen molar-refractivity contribution in [2.24, 2.45) is 5.92 Å². The predicted octanol–water partition coefficient (Wildman–Crippen LogP) is 3.06. The number of hydrogen-bond donors (Lipinski definition) is 1. The summed E-state index contributed by atoms with van der Waals surface area (Å²) in [6.45, 7) is 6.43. The standard InChI is InChI=1S/C15H20O2/c1-4-11-6-13-9(2)5-12(8-15(16)17)10(3)14(13)7-11/h5,11H,4,6-8H2,1-3H3,(H,16,17). The van der Waals surface area contributed by atoms with Crippen molar-refractivity contribution >= 4 is 5.97 Å². The highest BCUT2D eigenvalue weighted by Crippen LogP contribution is 2.35.